The number of nitrogens with one attached hydrogen (secondary N) is 2. The summed E-state index contributed by atoms with van der Waals surface area (Å²) in [6.07, 6.45) is -3.71. The summed E-state index contributed by atoms with van der Waals surface area (Å²) in [7, 11) is 0. The first kappa shape index (κ1) is 22.0. The van der Waals surface area contributed by atoms with Crippen molar-refractivity contribution in [2.24, 2.45) is 0 Å². The Morgan fingerprint density at radius 1 is 1.23 bits per heavy atom. The SMILES string of the molecule is C[C@@H](NC(=O)C(=O)c1cc(C(=O)Nc2ccc(F)c(C#N)c2)c2n1CCC2)C(F)(F)F. The van der Waals surface area contributed by atoms with E-state index in [1.54, 1.807) is 11.4 Å². The Balaban J connectivity index is 1.85. The molecule has 1 aliphatic heterocycles. The number of benzene rings is 1. The van der Waals surface area contributed by atoms with Gasteiger partial charge >= 0.3 is 6.18 Å². The van der Waals surface area contributed by atoms with E-state index in [0.29, 0.717) is 32.0 Å². The molecule has 7 nitrogen and oxygen atoms in total. The topological polar surface area (TPSA) is 104 Å². The second-order valence-corrected chi connectivity index (χ2v) is 6.97. The van der Waals surface area contributed by atoms with E-state index < -0.39 is 35.6 Å². The molecule has 0 fully saturated rings. The fourth-order valence-electron chi connectivity index (χ4n) is 3.25. The monoisotopic (exact) mass is 436 g/mol. The van der Waals surface area contributed by atoms with Gasteiger partial charge in [0.25, 0.3) is 17.6 Å². The number of ketones is 1. The van der Waals surface area contributed by atoms with Crippen molar-refractivity contribution in [1.29, 1.82) is 5.26 Å². The molecule has 162 valence electrons. The summed E-state index contributed by atoms with van der Waals surface area (Å²) < 4.78 is 52.9. The van der Waals surface area contributed by atoms with Gasteiger partial charge in [0, 0.05) is 17.9 Å². The normalized spacial score (nSPS) is 13.8. The maximum Gasteiger partial charge on any atom is 0.408 e. The van der Waals surface area contributed by atoms with E-state index in [1.165, 1.54) is 10.6 Å². The zero-order chi connectivity index (χ0) is 22.9. The first-order valence-electron chi connectivity index (χ1n) is 9.18. The number of carbonyl (C=O) groups excluding carboxylic acids is 3. The van der Waals surface area contributed by atoms with Gasteiger partial charge in [0.05, 0.1) is 16.8 Å². The van der Waals surface area contributed by atoms with E-state index in [4.69, 9.17) is 5.26 Å². The number of halogens is 4. The largest absolute Gasteiger partial charge is 0.408 e. The summed E-state index contributed by atoms with van der Waals surface area (Å²) in [5.74, 6) is -4.03. The number of anilines is 1. The van der Waals surface area contributed by atoms with Gasteiger partial charge in [0.1, 0.15) is 17.9 Å². The molecule has 31 heavy (non-hydrogen) atoms. The minimum atomic E-state index is -4.71. The summed E-state index contributed by atoms with van der Waals surface area (Å²) in [5.41, 5.74) is 0.207. The van der Waals surface area contributed by atoms with Crippen molar-refractivity contribution in [2.75, 3.05) is 5.32 Å². The number of fused-ring (bicyclic) bond motifs is 1. The van der Waals surface area contributed by atoms with Crippen molar-refractivity contribution in [3.05, 3.63) is 52.6 Å². The Kier molecular flexibility index (Phi) is 5.83. The van der Waals surface area contributed by atoms with E-state index in [0.717, 1.165) is 18.2 Å². The molecule has 3 rings (SSSR count). The van der Waals surface area contributed by atoms with Crippen LogP contribution in [0.1, 0.15) is 45.4 Å². The number of nitriles is 1. The van der Waals surface area contributed by atoms with Gasteiger partial charge in [-0.1, -0.05) is 0 Å². The molecule has 0 aliphatic carbocycles. The lowest BCUT2D eigenvalue weighted by atomic mass is 10.1. The standard InChI is InChI=1S/C20H16F4N4O3/c1-10(20(22,23)24)26-19(31)17(29)16-8-13(15-3-2-6-28(15)16)18(30)27-12-4-5-14(21)11(7-12)9-25/h4-5,7-8,10H,2-3,6H2,1H3,(H,26,31)(H,27,30)/t10-/m1/s1. The van der Waals surface area contributed by atoms with Crippen molar-refractivity contribution in [1.82, 2.24) is 9.88 Å². The summed E-state index contributed by atoms with van der Waals surface area (Å²) in [6, 6.07) is 3.99. The van der Waals surface area contributed by atoms with Crippen LogP contribution in [0.3, 0.4) is 0 Å². The third kappa shape index (κ3) is 4.42. The highest BCUT2D eigenvalue weighted by molar-refractivity contribution is 6.42. The van der Waals surface area contributed by atoms with Gasteiger partial charge in [-0.15, -0.1) is 0 Å². The predicted molar refractivity (Wildman–Crippen MR) is 99.8 cm³/mol. The molecule has 0 radical (unpaired) electrons. The molecule has 2 amide bonds. The number of hydrogen-bond acceptors (Lipinski definition) is 4. The number of hydrogen-bond donors (Lipinski definition) is 2. The van der Waals surface area contributed by atoms with E-state index in [2.05, 4.69) is 5.32 Å². The summed E-state index contributed by atoms with van der Waals surface area (Å²) in [5, 5.41) is 13.0. The number of nitrogens with zero attached hydrogens (tertiary/aromatic N) is 2. The van der Waals surface area contributed by atoms with Gasteiger partial charge < -0.3 is 15.2 Å². The van der Waals surface area contributed by atoms with Crippen LogP contribution in [0.5, 0.6) is 0 Å². The van der Waals surface area contributed by atoms with Crippen molar-refractivity contribution in [3.63, 3.8) is 0 Å². The highest BCUT2D eigenvalue weighted by Crippen LogP contribution is 2.26. The zero-order valence-corrected chi connectivity index (χ0v) is 16.1. The molecule has 2 heterocycles. The van der Waals surface area contributed by atoms with Crippen LogP contribution in [0.4, 0.5) is 23.2 Å². The molecule has 11 heteroatoms. The lowest BCUT2D eigenvalue weighted by Gasteiger charge is -2.16. The van der Waals surface area contributed by atoms with Gasteiger partial charge in [-0.3, -0.25) is 14.4 Å². The lowest BCUT2D eigenvalue weighted by Crippen LogP contribution is -2.46. The number of carbonyl (C=O) groups is 3. The van der Waals surface area contributed by atoms with Crippen LogP contribution < -0.4 is 10.6 Å². The average molecular weight is 436 g/mol. The van der Waals surface area contributed by atoms with Gasteiger partial charge in [-0.25, -0.2) is 4.39 Å². The number of alkyl halides is 3. The number of amides is 2. The lowest BCUT2D eigenvalue weighted by molar-refractivity contribution is -0.156. The maximum atomic E-state index is 13.5. The van der Waals surface area contributed by atoms with Crippen LogP contribution in [0.15, 0.2) is 24.3 Å². The van der Waals surface area contributed by atoms with Crippen molar-refractivity contribution in [2.45, 2.75) is 38.5 Å². The molecule has 1 aliphatic rings. The summed E-state index contributed by atoms with van der Waals surface area (Å²) in [6.45, 7) is 1.03. The number of Topliss-reactive ketones (excluding diaryl/α,β-unsaturated/α-hetero) is 1. The second-order valence-electron chi connectivity index (χ2n) is 6.97. The van der Waals surface area contributed by atoms with E-state index >= 15 is 0 Å². The van der Waals surface area contributed by atoms with E-state index in [9.17, 15) is 31.9 Å². The molecule has 0 saturated carbocycles. The fraction of sp³-hybridized carbons (Fsp3) is 0.300. The third-order valence-corrected chi connectivity index (χ3v) is 4.87. The Hall–Kier alpha value is -3.68. The highest BCUT2D eigenvalue weighted by atomic mass is 19.4. The van der Waals surface area contributed by atoms with Gasteiger partial charge in [0.15, 0.2) is 0 Å². The molecule has 0 saturated heterocycles. The molecule has 0 bridgehead atoms. The Labute approximate surface area is 173 Å². The maximum absolute atomic E-state index is 13.5. The molecule has 1 atom stereocenters. The van der Waals surface area contributed by atoms with Gasteiger partial charge in [-0.2, -0.15) is 18.4 Å². The molecular formula is C20H16F4N4O3. The van der Waals surface area contributed by atoms with Crippen molar-refractivity contribution in [3.8, 4) is 6.07 Å². The fourth-order valence-corrected chi connectivity index (χ4v) is 3.25. The van der Waals surface area contributed by atoms with Gasteiger partial charge in [-0.05, 0) is 44.0 Å². The zero-order valence-electron chi connectivity index (χ0n) is 16.1. The molecular weight excluding hydrogens is 420 g/mol. The van der Waals surface area contributed by atoms with Crippen molar-refractivity contribution >= 4 is 23.3 Å². The average Bonchev–Trinajstić information content (AvgIpc) is 3.30. The van der Waals surface area contributed by atoms with Crippen LogP contribution in [0, 0.1) is 17.1 Å². The molecule has 2 N–H and O–H groups in total. The van der Waals surface area contributed by atoms with Crippen molar-refractivity contribution < 1.29 is 31.9 Å². The Morgan fingerprint density at radius 3 is 2.58 bits per heavy atom. The molecule has 2 aromatic rings. The smallest absolute Gasteiger partial charge is 0.341 e. The first-order valence-corrected chi connectivity index (χ1v) is 9.18. The van der Waals surface area contributed by atoms with Crippen LogP contribution in [0.2, 0.25) is 0 Å². The Bertz CT molecular complexity index is 1110. The minimum absolute atomic E-state index is 0.0698. The molecule has 1 aromatic carbocycles. The van der Waals surface area contributed by atoms with Crippen LogP contribution in [0.25, 0.3) is 0 Å². The molecule has 0 spiro atoms. The second kappa shape index (κ2) is 8.22. The first-order chi connectivity index (χ1) is 14.5. The van der Waals surface area contributed by atoms with E-state index in [1.807, 2.05) is 0 Å². The van der Waals surface area contributed by atoms with Crippen LogP contribution in [-0.4, -0.2) is 34.4 Å². The number of rotatable bonds is 5. The molecule has 1 aromatic heterocycles. The quantitative estimate of drug-likeness (QED) is 0.427. The van der Waals surface area contributed by atoms with Crippen LogP contribution >= 0.6 is 0 Å². The molecule has 0 unspecified atom stereocenters. The minimum Gasteiger partial charge on any atom is -0.341 e. The summed E-state index contributed by atoms with van der Waals surface area (Å²) in [4.78, 5) is 37.2. The summed E-state index contributed by atoms with van der Waals surface area (Å²) >= 11 is 0. The van der Waals surface area contributed by atoms with E-state index in [-0.39, 0.29) is 22.5 Å². The highest BCUT2D eigenvalue weighted by Gasteiger charge is 2.39. The number of aromatic nitrogens is 1. The predicted octanol–water partition coefficient (Wildman–Crippen LogP) is 2.95. The van der Waals surface area contributed by atoms with Crippen LogP contribution in [-0.2, 0) is 17.8 Å². The van der Waals surface area contributed by atoms with Gasteiger partial charge in [0.2, 0.25) is 0 Å². The third-order valence-electron chi connectivity index (χ3n) is 4.87. The Morgan fingerprint density at radius 2 is 1.94 bits per heavy atom.